The Bertz CT molecular complexity index is 2020. The van der Waals surface area contributed by atoms with Crippen molar-refractivity contribution in [3.05, 3.63) is 125 Å². The van der Waals surface area contributed by atoms with E-state index in [9.17, 15) is 14.4 Å². The van der Waals surface area contributed by atoms with Crippen molar-refractivity contribution in [2.24, 2.45) is 5.73 Å². The summed E-state index contributed by atoms with van der Waals surface area (Å²) >= 11 is 1.31. The molecular formula is C37H35N3O5S. The van der Waals surface area contributed by atoms with Gasteiger partial charge in [0.1, 0.15) is 5.37 Å². The number of nitrogens with one attached hydrogen (secondary N) is 1. The highest BCUT2D eigenvalue weighted by Crippen LogP contribution is 2.46. The minimum atomic E-state index is -0.721. The van der Waals surface area contributed by atoms with Crippen molar-refractivity contribution >= 4 is 35.2 Å². The first-order valence-corrected chi connectivity index (χ1v) is 15.5. The van der Waals surface area contributed by atoms with E-state index in [0.29, 0.717) is 42.3 Å². The SMILES string of the molecule is [2H]c1c([2H])c([2H])c(C#Cc2ccc([C@@H]3S[C@H](CC(=O)NCCc4ccc(OC)c(OCC)c4)C(=O)N3c3cccc(C(N)=O)c3)cc2)c([2H])c1[2H]. The molecule has 1 saturated heterocycles. The Kier molecular flexibility index (Phi) is 8.61. The molecule has 4 aromatic carbocycles. The molecule has 1 aliphatic rings. The number of ether oxygens (including phenoxy) is 2. The summed E-state index contributed by atoms with van der Waals surface area (Å²) in [6, 6.07) is 16.8. The van der Waals surface area contributed by atoms with E-state index in [1.165, 1.54) is 11.8 Å². The monoisotopic (exact) mass is 638 g/mol. The number of amides is 3. The summed E-state index contributed by atoms with van der Waals surface area (Å²) in [5.74, 6) is 5.58. The largest absolute Gasteiger partial charge is 0.493 e. The van der Waals surface area contributed by atoms with Crippen molar-refractivity contribution in [2.45, 2.75) is 30.4 Å². The van der Waals surface area contributed by atoms with E-state index in [1.807, 2.05) is 25.1 Å². The minimum absolute atomic E-state index is 0.0691. The van der Waals surface area contributed by atoms with Gasteiger partial charge in [0.25, 0.3) is 0 Å². The molecule has 46 heavy (non-hydrogen) atoms. The molecule has 1 fully saturated rings. The van der Waals surface area contributed by atoms with Gasteiger partial charge in [0.2, 0.25) is 17.7 Å². The van der Waals surface area contributed by atoms with E-state index in [-0.39, 0.29) is 41.4 Å². The number of nitrogens with zero attached hydrogens (tertiary/aromatic N) is 1. The first kappa shape index (κ1) is 26.1. The molecule has 3 amide bonds. The normalized spacial score (nSPS) is 17.0. The summed E-state index contributed by atoms with van der Waals surface area (Å²) in [6.07, 6.45) is 0.474. The van der Waals surface area contributed by atoms with Crippen LogP contribution in [-0.2, 0) is 16.0 Å². The molecule has 0 aliphatic carbocycles. The van der Waals surface area contributed by atoms with Crippen molar-refractivity contribution in [1.82, 2.24) is 5.32 Å². The van der Waals surface area contributed by atoms with Crippen LogP contribution in [0.1, 0.15) is 58.2 Å². The number of benzene rings is 4. The van der Waals surface area contributed by atoms with Crippen LogP contribution in [0.5, 0.6) is 11.5 Å². The van der Waals surface area contributed by atoms with Crippen LogP contribution < -0.4 is 25.4 Å². The van der Waals surface area contributed by atoms with Crippen molar-refractivity contribution in [3.8, 4) is 23.3 Å². The van der Waals surface area contributed by atoms with Gasteiger partial charge in [0.05, 0.1) is 25.8 Å². The van der Waals surface area contributed by atoms with E-state index in [2.05, 4.69) is 17.2 Å². The first-order chi connectivity index (χ1) is 24.4. The van der Waals surface area contributed by atoms with Crippen LogP contribution in [0.15, 0.2) is 96.9 Å². The highest BCUT2D eigenvalue weighted by Gasteiger charge is 2.42. The number of carbonyl (C=O) groups is 3. The minimum Gasteiger partial charge on any atom is -0.493 e. The number of thioether (sulfide) groups is 1. The third-order valence-corrected chi connectivity index (χ3v) is 8.55. The molecule has 0 aromatic heterocycles. The van der Waals surface area contributed by atoms with Gasteiger partial charge in [0.15, 0.2) is 11.5 Å². The Morgan fingerprint density at radius 1 is 1.00 bits per heavy atom. The topological polar surface area (TPSA) is 111 Å². The maximum atomic E-state index is 13.9. The zero-order valence-electron chi connectivity index (χ0n) is 30.3. The summed E-state index contributed by atoms with van der Waals surface area (Å²) < 4.78 is 50.7. The third kappa shape index (κ3) is 7.89. The fourth-order valence-corrected chi connectivity index (χ4v) is 6.34. The number of hydrogen-bond acceptors (Lipinski definition) is 6. The molecular weight excluding hydrogens is 598 g/mol. The summed E-state index contributed by atoms with van der Waals surface area (Å²) in [5.41, 5.74) is 8.29. The number of carbonyl (C=O) groups excluding carboxylic acids is 3. The fraction of sp³-hybridized carbons (Fsp3) is 0.216. The summed E-state index contributed by atoms with van der Waals surface area (Å²) in [4.78, 5) is 40.5. The van der Waals surface area contributed by atoms with Crippen LogP contribution in [0.4, 0.5) is 5.69 Å². The van der Waals surface area contributed by atoms with Crippen molar-refractivity contribution in [3.63, 3.8) is 0 Å². The molecule has 0 unspecified atom stereocenters. The van der Waals surface area contributed by atoms with Crippen LogP contribution in [0.25, 0.3) is 0 Å². The standard InChI is InChI=1S/C37H35N3O5S/c1-3-45-32-22-27(16-19-31(32)44-2)20-21-39-34(41)24-33-36(43)40(30-11-7-10-29(23-30)35(38)42)37(46-33)28-17-14-26(15-18-28)13-12-25-8-5-4-6-9-25/h4-11,14-19,22-23,33,37H,3,20-21,24H2,1-2H3,(H2,38,42)(H,39,41)/t33-,37+/m1/s1/i4D,5D,6D,8D,9D. The quantitative estimate of drug-likeness (QED) is 0.210. The number of rotatable bonds is 11. The maximum absolute atomic E-state index is 13.9. The number of primary amides is 1. The lowest BCUT2D eigenvalue weighted by Gasteiger charge is -2.24. The molecule has 0 bridgehead atoms. The van der Waals surface area contributed by atoms with E-state index in [0.717, 1.165) is 11.1 Å². The zero-order chi connectivity index (χ0) is 36.8. The van der Waals surface area contributed by atoms with Gasteiger partial charge < -0.3 is 20.5 Å². The second-order valence-electron chi connectivity index (χ2n) is 10.2. The van der Waals surface area contributed by atoms with Gasteiger partial charge in [0, 0.05) is 35.3 Å². The Labute approximate surface area is 280 Å². The smallest absolute Gasteiger partial charge is 0.248 e. The lowest BCUT2D eigenvalue weighted by Crippen LogP contribution is -2.34. The predicted octanol–water partition coefficient (Wildman–Crippen LogP) is 5.49. The van der Waals surface area contributed by atoms with Crippen LogP contribution in [-0.4, -0.2) is 43.2 Å². The molecule has 1 heterocycles. The number of anilines is 1. The van der Waals surface area contributed by atoms with Crippen LogP contribution in [0.3, 0.4) is 0 Å². The van der Waals surface area contributed by atoms with E-state index >= 15 is 0 Å². The van der Waals surface area contributed by atoms with Gasteiger partial charge in [-0.05, 0) is 79.0 Å². The number of hydrogen-bond donors (Lipinski definition) is 2. The Morgan fingerprint density at radius 3 is 2.48 bits per heavy atom. The Balaban J connectivity index is 1.34. The highest BCUT2D eigenvalue weighted by molar-refractivity contribution is 8.01. The van der Waals surface area contributed by atoms with Crippen LogP contribution in [0.2, 0.25) is 0 Å². The molecule has 8 nitrogen and oxygen atoms in total. The van der Waals surface area contributed by atoms with Gasteiger partial charge in [-0.15, -0.1) is 11.8 Å². The fourth-order valence-electron chi connectivity index (χ4n) is 4.89. The summed E-state index contributed by atoms with van der Waals surface area (Å²) in [5, 5.41) is 1.63. The summed E-state index contributed by atoms with van der Waals surface area (Å²) in [7, 11) is 1.57. The number of methoxy groups -OCH3 is 1. The van der Waals surface area contributed by atoms with Crippen molar-refractivity contribution in [2.75, 3.05) is 25.2 Å². The van der Waals surface area contributed by atoms with Gasteiger partial charge >= 0.3 is 0 Å². The molecule has 0 radical (unpaired) electrons. The first-order valence-electron chi connectivity index (χ1n) is 17.1. The molecule has 5 rings (SSSR count). The molecule has 1 aliphatic heterocycles. The average molecular weight is 639 g/mol. The van der Waals surface area contributed by atoms with E-state index in [4.69, 9.17) is 22.1 Å². The molecule has 234 valence electrons. The maximum Gasteiger partial charge on any atom is 0.248 e. The van der Waals surface area contributed by atoms with Crippen LogP contribution in [0, 0.1) is 11.8 Å². The molecule has 3 N–H and O–H groups in total. The van der Waals surface area contributed by atoms with Crippen molar-refractivity contribution in [1.29, 1.82) is 0 Å². The lowest BCUT2D eigenvalue weighted by atomic mass is 10.1. The zero-order valence-corrected chi connectivity index (χ0v) is 26.1. The van der Waals surface area contributed by atoms with Gasteiger partial charge in [-0.2, -0.15) is 0 Å². The molecule has 9 heteroatoms. The van der Waals surface area contributed by atoms with E-state index in [1.54, 1.807) is 60.5 Å². The van der Waals surface area contributed by atoms with Gasteiger partial charge in [-0.3, -0.25) is 19.3 Å². The molecule has 2 atom stereocenters. The summed E-state index contributed by atoms with van der Waals surface area (Å²) in [6.45, 7) is 2.72. The second-order valence-corrected chi connectivity index (χ2v) is 11.5. The lowest BCUT2D eigenvalue weighted by molar-refractivity contribution is -0.124. The number of nitrogens with two attached hydrogens (primary N) is 1. The Morgan fingerprint density at radius 2 is 1.76 bits per heavy atom. The van der Waals surface area contributed by atoms with Crippen molar-refractivity contribution < 1.29 is 30.7 Å². The van der Waals surface area contributed by atoms with Gasteiger partial charge in [-0.25, -0.2) is 0 Å². The Hall–Kier alpha value is -5.20. The second kappa shape index (κ2) is 15.2. The molecule has 0 saturated carbocycles. The average Bonchev–Trinajstić information content (AvgIpc) is 3.45. The predicted molar refractivity (Wildman–Crippen MR) is 181 cm³/mol. The van der Waals surface area contributed by atoms with E-state index < -0.39 is 34.7 Å². The molecule has 0 spiro atoms. The molecule has 4 aromatic rings. The third-order valence-electron chi connectivity index (χ3n) is 7.11. The highest BCUT2D eigenvalue weighted by atomic mass is 32.2. The van der Waals surface area contributed by atoms with Crippen LogP contribution >= 0.6 is 11.8 Å². The van der Waals surface area contributed by atoms with Gasteiger partial charge in [-0.1, -0.05) is 54.2 Å².